The van der Waals surface area contributed by atoms with Crippen LogP contribution in [0.3, 0.4) is 0 Å². The van der Waals surface area contributed by atoms with E-state index in [2.05, 4.69) is 20.8 Å². The highest BCUT2D eigenvalue weighted by Gasteiger charge is 2.21. The van der Waals surface area contributed by atoms with Crippen molar-refractivity contribution in [1.82, 2.24) is 4.90 Å². The lowest BCUT2D eigenvalue weighted by molar-refractivity contribution is 0.0698. The minimum Gasteiger partial charge on any atom is -0.451 e. The number of amides is 1. The third-order valence-electron chi connectivity index (χ3n) is 3.55. The number of anilines is 1. The molecule has 0 spiro atoms. The monoisotopic (exact) mass is 274 g/mol. The van der Waals surface area contributed by atoms with E-state index in [1.54, 1.807) is 23.1 Å². The number of fused-ring (bicyclic) bond motifs is 1. The highest BCUT2D eigenvalue weighted by atomic mass is 16.3. The van der Waals surface area contributed by atoms with E-state index >= 15 is 0 Å². The summed E-state index contributed by atoms with van der Waals surface area (Å²) in [6.07, 6.45) is 0.968. The third-order valence-corrected chi connectivity index (χ3v) is 3.55. The van der Waals surface area contributed by atoms with Gasteiger partial charge in [0, 0.05) is 24.2 Å². The number of nitrogen functional groups attached to an aromatic ring is 1. The van der Waals surface area contributed by atoms with Crippen LogP contribution in [0.4, 0.5) is 5.69 Å². The number of hydrogen-bond acceptors (Lipinski definition) is 3. The predicted molar refractivity (Wildman–Crippen MR) is 81.6 cm³/mol. The van der Waals surface area contributed by atoms with E-state index < -0.39 is 0 Å². The average molecular weight is 274 g/mol. The molecule has 0 bridgehead atoms. The Morgan fingerprint density at radius 3 is 2.65 bits per heavy atom. The largest absolute Gasteiger partial charge is 0.451 e. The smallest absolute Gasteiger partial charge is 0.289 e. The summed E-state index contributed by atoms with van der Waals surface area (Å²) in [4.78, 5) is 14.2. The molecule has 1 unspecified atom stereocenters. The molecule has 0 saturated heterocycles. The van der Waals surface area contributed by atoms with Crippen molar-refractivity contribution < 1.29 is 9.21 Å². The number of hydrogen-bond donors (Lipinski definition) is 1. The molecule has 1 atom stereocenters. The van der Waals surface area contributed by atoms with Gasteiger partial charge in [0.05, 0.1) is 0 Å². The third kappa shape index (κ3) is 2.95. The van der Waals surface area contributed by atoms with Gasteiger partial charge < -0.3 is 15.1 Å². The summed E-state index contributed by atoms with van der Waals surface area (Å²) in [7, 11) is 1.82. The molecule has 1 aromatic heterocycles. The molecule has 0 saturated carbocycles. The van der Waals surface area contributed by atoms with E-state index in [9.17, 15) is 4.79 Å². The van der Waals surface area contributed by atoms with Gasteiger partial charge in [0.15, 0.2) is 5.76 Å². The average Bonchev–Trinajstić information content (AvgIpc) is 2.78. The molecule has 1 heterocycles. The predicted octanol–water partition coefficient (Wildman–Crippen LogP) is 3.52. The maximum absolute atomic E-state index is 12.4. The molecule has 20 heavy (non-hydrogen) atoms. The zero-order valence-electron chi connectivity index (χ0n) is 12.5. The normalized spacial score (nSPS) is 12.8. The van der Waals surface area contributed by atoms with Crippen LogP contribution < -0.4 is 5.73 Å². The molecular formula is C16H22N2O2. The number of nitrogens with two attached hydrogens (primary N) is 1. The van der Waals surface area contributed by atoms with E-state index in [1.807, 2.05) is 13.1 Å². The van der Waals surface area contributed by atoms with Crippen molar-refractivity contribution in [2.75, 3.05) is 12.8 Å². The second kappa shape index (κ2) is 5.57. The number of furan rings is 1. The van der Waals surface area contributed by atoms with E-state index in [1.165, 1.54) is 0 Å². The summed E-state index contributed by atoms with van der Waals surface area (Å²) < 4.78 is 5.61. The molecule has 2 rings (SSSR count). The SMILES string of the molecule is CC(C)CC(C)N(C)C(=O)c1cc2cc(N)ccc2o1. The second-order valence-electron chi connectivity index (χ2n) is 5.80. The van der Waals surface area contributed by atoms with Crippen LogP contribution in [0.25, 0.3) is 11.0 Å². The number of carbonyl (C=O) groups is 1. The Kier molecular flexibility index (Phi) is 4.02. The fraction of sp³-hybridized carbons (Fsp3) is 0.438. The van der Waals surface area contributed by atoms with Crippen LogP contribution in [-0.2, 0) is 0 Å². The lowest BCUT2D eigenvalue weighted by Crippen LogP contribution is -2.35. The van der Waals surface area contributed by atoms with Crippen LogP contribution in [0, 0.1) is 5.92 Å². The lowest BCUT2D eigenvalue weighted by atomic mass is 10.0. The summed E-state index contributed by atoms with van der Waals surface area (Å²) in [5.41, 5.74) is 7.09. The van der Waals surface area contributed by atoms with Gasteiger partial charge in [-0.15, -0.1) is 0 Å². The molecule has 0 radical (unpaired) electrons. The standard InChI is InChI=1S/C16H22N2O2/c1-10(2)7-11(3)18(4)16(19)15-9-12-8-13(17)5-6-14(12)20-15/h5-6,8-11H,7,17H2,1-4H3. The highest BCUT2D eigenvalue weighted by molar-refractivity contribution is 5.96. The fourth-order valence-electron chi connectivity index (χ4n) is 2.38. The summed E-state index contributed by atoms with van der Waals surface area (Å²) in [6.45, 7) is 6.36. The molecule has 108 valence electrons. The molecule has 0 fully saturated rings. The number of benzene rings is 1. The Morgan fingerprint density at radius 1 is 1.30 bits per heavy atom. The quantitative estimate of drug-likeness (QED) is 0.868. The molecule has 2 N–H and O–H groups in total. The minimum absolute atomic E-state index is 0.0899. The fourth-order valence-corrected chi connectivity index (χ4v) is 2.38. The molecular weight excluding hydrogens is 252 g/mol. The molecule has 2 aromatic rings. The van der Waals surface area contributed by atoms with Gasteiger partial charge in [-0.3, -0.25) is 4.79 Å². The van der Waals surface area contributed by atoms with Gasteiger partial charge in [0.2, 0.25) is 0 Å². The van der Waals surface area contributed by atoms with Gasteiger partial charge in [-0.1, -0.05) is 13.8 Å². The number of carbonyl (C=O) groups excluding carboxylic acids is 1. The molecule has 4 nitrogen and oxygen atoms in total. The van der Waals surface area contributed by atoms with Crippen molar-refractivity contribution in [1.29, 1.82) is 0 Å². The Hall–Kier alpha value is -1.97. The van der Waals surface area contributed by atoms with E-state index in [0.717, 1.165) is 11.8 Å². The first-order valence-corrected chi connectivity index (χ1v) is 6.94. The zero-order valence-corrected chi connectivity index (χ0v) is 12.5. The lowest BCUT2D eigenvalue weighted by Gasteiger charge is -2.25. The van der Waals surface area contributed by atoms with E-state index in [0.29, 0.717) is 22.9 Å². The van der Waals surface area contributed by atoms with Crippen LogP contribution in [0.15, 0.2) is 28.7 Å². The van der Waals surface area contributed by atoms with Gasteiger partial charge in [0.1, 0.15) is 5.58 Å². The Balaban J connectivity index is 2.22. The first-order valence-electron chi connectivity index (χ1n) is 6.94. The van der Waals surface area contributed by atoms with Crippen molar-refractivity contribution in [3.8, 4) is 0 Å². The molecule has 1 aromatic carbocycles. The molecule has 1 amide bonds. The molecule has 0 aliphatic rings. The number of nitrogens with zero attached hydrogens (tertiary/aromatic N) is 1. The van der Waals surface area contributed by atoms with E-state index in [4.69, 9.17) is 10.2 Å². The van der Waals surface area contributed by atoms with Crippen molar-refractivity contribution >= 4 is 22.6 Å². The summed E-state index contributed by atoms with van der Waals surface area (Å²) in [6, 6.07) is 7.31. The van der Waals surface area contributed by atoms with Crippen molar-refractivity contribution in [3.05, 3.63) is 30.0 Å². The van der Waals surface area contributed by atoms with Gasteiger partial charge in [-0.05, 0) is 43.5 Å². The Labute approximate surface area is 119 Å². The Bertz CT molecular complexity index is 616. The highest BCUT2D eigenvalue weighted by Crippen LogP contribution is 2.23. The topological polar surface area (TPSA) is 59.5 Å². The van der Waals surface area contributed by atoms with Gasteiger partial charge >= 0.3 is 0 Å². The Morgan fingerprint density at radius 2 is 2.00 bits per heavy atom. The van der Waals surface area contributed by atoms with Crippen LogP contribution in [-0.4, -0.2) is 23.9 Å². The van der Waals surface area contributed by atoms with Crippen molar-refractivity contribution in [3.63, 3.8) is 0 Å². The maximum Gasteiger partial charge on any atom is 0.289 e. The van der Waals surface area contributed by atoms with Gasteiger partial charge in [-0.25, -0.2) is 0 Å². The molecule has 4 heteroatoms. The van der Waals surface area contributed by atoms with Gasteiger partial charge in [-0.2, -0.15) is 0 Å². The molecule has 0 aliphatic heterocycles. The van der Waals surface area contributed by atoms with Crippen LogP contribution in [0.1, 0.15) is 37.7 Å². The molecule has 0 aliphatic carbocycles. The second-order valence-corrected chi connectivity index (χ2v) is 5.80. The first-order chi connectivity index (χ1) is 9.38. The van der Waals surface area contributed by atoms with Crippen LogP contribution in [0.5, 0.6) is 0 Å². The summed E-state index contributed by atoms with van der Waals surface area (Å²) in [5.74, 6) is 0.826. The summed E-state index contributed by atoms with van der Waals surface area (Å²) >= 11 is 0. The van der Waals surface area contributed by atoms with Gasteiger partial charge in [0.25, 0.3) is 5.91 Å². The van der Waals surface area contributed by atoms with Crippen LogP contribution in [0.2, 0.25) is 0 Å². The summed E-state index contributed by atoms with van der Waals surface area (Å²) in [5, 5.41) is 0.860. The van der Waals surface area contributed by atoms with Crippen molar-refractivity contribution in [2.45, 2.75) is 33.2 Å². The zero-order chi connectivity index (χ0) is 14.9. The maximum atomic E-state index is 12.4. The number of rotatable bonds is 4. The first kappa shape index (κ1) is 14.4. The minimum atomic E-state index is -0.0899. The van der Waals surface area contributed by atoms with Crippen molar-refractivity contribution in [2.24, 2.45) is 5.92 Å². The van der Waals surface area contributed by atoms with E-state index in [-0.39, 0.29) is 11.9 Å². The van der Waals surface area contributed by atoms with Crippen LogP contribution >= 0.6 is 0 Å².